The fourth-order valence-corrected chi connectivity index (χ4v) is 1.05. The Labute approximate surface area is 86.6 Å². The van der Waals surface area contributed by atoms with E-state index in [1.165, 1.54) is 0 Å². The number of aliphatic hydroxyl groups is 1. The van der Waals surface area contributed by atoms with Gasteiger partial charge in [-0.05, 0) is 26.8 Å². The summed E-state index contributed by atoms with van der Waals surface area (Å²) in [6.07, 6.45) is 0.691. The molecule has 0 fully saturated rings. The quantitative estimate of drug-likeness (QED) is 0.535. The molecular weight excluding hydrogens is 182 g/mol. The van der Waals surface area contributed by atoms with Crippen LogP contribution < -0.4 is 5.32 Å². The van der Waals surface area contributed by atoms with Gasteiger partial charge in [0, 0.05) is 20.3 Å². The van der Waals surface area contributed by atoms with Crippen molar-refractivity contribution < 1.29 is 14.6 Å². The van der Waals surface area contributed by atoms with Crippen LogP contribution in [0.15, 0.2) is 0 Å². The predicted molar refractivity (Wildman–Crippen MR) is 56.5 cm³/mol. The molecule has 0 amide bonds. The van der Waals surface area contributed by atoms with Crippen molar-refractivity contribution in [2.75, 3.05) is 40.0 Å². The first-order valence-corrected chi connectivity index (χ1v) is 5.12. The van der Waals surface area contributed by atoms with Crippen LogP contribution in [0.2, 0.25) is 0 Å². The maximum atomic E-state index is 9.81. The number of nitrogens with one attached hydrogen (secondary N) is 1. The third kappa shape index (κ3) is 8.44. The van der Waals surface area contributed by atoms with Gasteiger partial charge in [-0.15, -0.1) is 0 Å². The van der Waals surface area contributed by atoms with E-state index < -0.39 is 5.60 Å². The standard InChI is InChI=1S/C10H23NO3/c1-4-14-9-10(2,12)5-6-11-7-8-13-3/h11-12H,4-9H2,1-3H3. The molecule has 0 aromatic heterocycles. The first-order valence-electron chi connectivity index (χ1n) is 5.12. The van der Waals surface area contributed by atoms with Crippen LogP contribution >= 0.6 is 0 Å². The van der Waals surface area contributed by atoms with Gasteiger partial charge in [-0.3, -0.25) is 0 Å². The van der Waals surface area contributed by atoms with E-state index in [0.717, 1.165) is 13.1 Å². The van der Waals surface area contributed by atoms with E-state index in [4.69, 9.17) is 9.47 Å². The van der Waals surface area contributed by atoms with Crippen LogP contribution in [0.4, 0.5) is 0 Å². The molecule has 0 aliphatic rings. The summed E-state index contributed by atoms with van der Waals surface area (Å²) in [6, 6.07) is 0. The van der Waals surface area contributed by atoms with Crippen LogP contribution in [0.5, 0.6) is 0 Å². The molecule has 2 N–H and O–H groups in total. The molecule has 0 saturated heterocycles. The largest absolute Gasteiger partial charge is 0.388 e. The molecule has 86 valence electrons. The Balaban J connectivity index is 3.35. The molecule has 1 unspecified atom stereocenters. The Morgan fingerprint density at radius 1 is 1.36 bits per heavy atom. The molecule has 0 rings (SSSR count). The Hall–Kier alpha value is -0.160. The third-order valence-corrected chi connectivity index (χ3v) is 1.94. The number of rotatable bonds is 9. The lowest BCUT2D eigenvalue weighted by Crippen LogP contribution is -2.35. The minimum atomic E-state index is -0.726. The highest BCUT2D eigenvalue weighted by Gasteiger charge is 2.19. The molecule has 0 aromatic carbocycles. The van der Waals surface area contributed by atoms with Gasteiger partial charge in [-0.1, -0.05) is 0 Å². The first-order chi connectivity index (χ1) is 6.62. The zero-order valence-corrected chi connectivity index (χ0v) is 9.51. The fourth-order valence-electron chi connectivity index (χ4n) is 1.05. The second-order valence-electron chi connectivity index (χ2n) is 3.63. The van der Waals surface area contributed by atoms with Gasteiger partial charge in [0.25, 0.3) is 0 Å². The summed E-state index contributed by atoms with van der Waals surface area (Å²) < 4.78 is 10.1. The summed E-state index contributed by atoms with van der Waals surface area (Å²) in [5.74, 6) is 0. The molecule has 0 aliphatic carbocycles. The SMILES string of the molecule is CCOCC(C)(O)CCNCCOC. The van der Waals surface area contributed by atoms with Crippen molar-refractivity contribution in [3.05, 3.63) is 0 Å². The van der Waals surface area contributed by atoms with E-state index in [1.807, 2.05) is 6.92 Å². The molecule has 4 nitrogen and oxygen atoms in total. The van der Waals surface area contributed by atoms with Crippen molar-refractivity contribution in [3.63, 3.8) is 0 Å². The Morgan fingerprint density at radius 2 is 2.07 bits per heavy atom. The molecule has 0 saturated carbocycles. The summed E-state index contributed by atoms with van der Waals surface area (Å²) >= 11 is 0. The summed E-state index contributed by atoms with van der Waals surface area (Å²) in [4.78, 5) is 0. The van der Waals surface area contributed by atoms with E-state index in [1.54, 1.807) is 14.0 Å². The van der Waals surface area contributed by atoms with Crippen molar-refractivity contribution in [2.45, 2.75) is 25.9 Å². The fraction of sp³-hybridized carbons (Fsp3) is 1.00. The molecule has 14 heavy (non-hydrogen) atoms. The van der Waals surface area contributed by atoms with Gasteiger partial charge in [0.15, 0.2) is 0 Å². The topological polar surface area (TPSA) is 50.7 Å². The number of hydrogen-bond donors (Lipinski definition) is 2. The van der Waals surface area contributed by atoms with Crippen LogP contribution in [0, 0.1) is 0 Å². The van der Waals surface area contributed by atoms with Gasteiger partial charge in [-0.25, -0.2) is 0 Å². The minimum absolute atomic E-state index is 0.398. The third-order valence-electron chi connectivity index (χ3n) is 1.94. The zero-order chi connectivity index (χ0) is 10.9. The number of hydrogen-bond acceptors (Lipinski definition) is 4. The lowest BCUT2D eigenvalue weighted by atomic mass is 10.0. The first kappa shape index (κ1) is 13.8. The zero-order valence-electron chi connectivity index (χ0n) is 9.51. The number of ether oxygens (including phenoxy) is 2. The van der Waals surface area contributed by atoms with E-state index >= 15 is 0 Å². The lowest BCUT2D eigenvalue weighted by Gasteiger charge is -2.22. The molecular formula is C10H23NO3. The van der Waals surface area contributed by atoms with E-state index in [9.17, 15) is 5.11 Å². The summed E-state index contributed by atoms with van der Waals surface area (Å²) in [6.45, 7) is 7.06. The second kappa shape index (κ2) is 8.17. The van der Waals surface area contributed by atoms with Crippen molar-refractivity contribution in [1.29, 1.82) is 0 Å². The Kier molecular flexibility index (Phi) is 8.08. The molecule has 1 atom stereocenters. The highest BCUT2D eigenvalue weighted by atomic mass is 16.5. The lowest BCUT2D eigenvalue weighted by molar-refractivity contribution is -0.0351. The number of methoxy groups -OCH3 is 1. The smallest absolute Gasteiger partial charge is 0.0864 e. The monoisotopic (exact) mass is 205 g/mol. The highest BCUT2D eigenvalue weighted by molar-refractivity contribution is 4.72. The molecule has 0 aliphatic heterocycles. The summed E-state index contributed by atoms with van der Waals surface area (Å²) in [5.41, 5.74) is -0.726. The van der Waals surface area contributed by atoms with Crippen molar-refractivity contribution in [2.24, 2.45) is 0 Å². The van der Waals surface area contributed by atoms with Gasteiger partial charge in [-0.2, -0.15) is 0 Å². The van der Waals surface area contributed by atoms with Gasteiger partial charge in [0.05, 0.1) is 18.8 Å². The molecule has 4 heteroatoms. The second-order valence-corrected chi connectivity index (χ2v) is 3.63. The van der Waals surface area contributed by atoms with E-state index in [-0.39, 0.29) is 0 Å². The van der Waals surface area contributed by atoms with Gasteiger partial charge in [0.2, 0.25) is 0 Å². The molecule has 0 bridgehead atoms. The molecule has 0 aromatic rings. The van der Waals surface area contributed by atoms with Crippen LogP contribution in [-0.4, -0.2) is 50.7 Å². The average molecular weight is 205 g/mol. The molecule has 0 heterocycles. The van der Waals surface area contributed by atoms with Crippen LogP contribution in [0.25, 0.3) is 0 Å². The van der Waals surface area contributed by atoms with Crippen LogP contribution in [0.1, 0.15) is 20.3 Å². The van der Waals surface area contributed by atoms with E-state index in [0.29, 0.717) is 26.2 Å². The maximum absolute atomic E-state index is 9.81. The van der Waals surface area contributed by atoms with Gasteiger partial charge in [0.1, 0.15) is 0 Å². The minimum Gasteiger partial charge on any atom is -0.388 e. The maximum Gasteiger partial charge on any atom is 0.0864 e. The summed E-state index contributed by atoms with van der Waals surface area (Å²) in [5, 5.41) is 13.0. The summed E-state index contributed by atoms with van der Waals surface area (Å²) in [7, 11) is 1.67. The van der Waals surface area contributed by atoms with Gasteiger partial charge >= 0.3 is 0 Å². The van der Waals surface area contributed by atoms with Crippen molar-refractivity contribution in [3.8, 4) is 0 Å². The Morgan fingerprint density at radius 3 is 2.64 bits per heavy atom. The predicted octanol–water partition coefficient (Wildman–Crippen LogP) is 0.400. The van der Waals surface area contributed by atoms with Crippen molar-refractivity contribution in [1.82, 2.24) is 5.32 Å². The normalized spacial score (nSPS) is 15.4. The highest BCUT2D eigenvalue weighted by Crippen LogP contribution is 2.08. The Bertz CT molecular complexity index is 129. The average Bonchev–Trinajstić information content (AvgIpc) is 2.15. The van der Waals surface area contributed by atoms with Crippen LogP contribution in [-0.2, 0) is 9.47 Å². The van der Waals surface area contributed by atoms with Crippen molar-refractivity contribution >= 4 is 0 Å². The molecule has 0 radical (unpaired) electrons. The molecule has 0 spiro atoms. The van der Waals surface area contributed by atoms with Crippen LogP contribution in [0.3, 0.4) is 0 Å². The van der Waals surface area contributed by atoms with Gasteiger partial charge < -0.3 is 19.9 Å². The van der Waals surface area contributed by atoms with E-state index in [2.05, 4.69) is 5.32 Å².